The maximum atomic E-state index is 11.8. The molecular weight excluding hydrogens is 336 g/mol. The maximum Gasteiger partial charge on any atom is 0.356 e. The van der Waals surface area contributed by atoms with E-state index < -0.39 is 5.97 Å². The Kier molecular flexibility index (Phi) is 3.92. The quantitative estimate of drug-likeness (QED) is 0.763. The topological polar surface area (TPSA) is 66.0 Å². The van der Waals surface area contributed by atoms with Crippen molar-refractivity contribution < 1.29 is 9.90 Å². The highest BCUT2D eigenvalue weighted by Crippen LogP contribution is 2.61. The number of carbonyl (C=O) groups is 1. The number of carboxylic acid groups (broad SMARTS) is 1. The van der Waals surface area contributed by atoms with E-state index in [9.17, 15) is 9.90 Å². The van der Waals surface area contributed by atoms with Gasteiger partial charge in [0.15, 0.2) is 5.69 Å². The lowest BCUT2D eigenvalue weighted by molar-refractivity contribution is -0.0571. The summed E-state index contributed by atoms with van der Waals surface area (Å²) in [4.78, 5) is 19.6. The van der Waals surface area contributed by atoms with E-state index in [1.807, 2.05) is 31.2 Å². The smallest absolute Gasteiger partial charge is 0.356 e. The molecular formula is C23H28N2O2. The third-order valence-corrected chi connectivity index (χ3v) is 7.45. The number of benzene rings is 1. The van der Waals surface area contributed by atoms with Crippen LogP contribution in [0.1, 0.15) is 66.7 Å². The van der Waals surface area contributed by atoms with Gasteiger partial charge in [-0.3, -0.25) is 0 Å². The fraction of sp³-hybridized carbons (Fsp3) is 0.565. The minimum absolute atomic E-state index is 0.206. The van der Waals surface area contributed by atoms with Crippen LogP contribution < -0.4 is 0 Å². The predicted octanol–water partition coefficient (Wildman–Crippen LogP) is 5.23. The van der Waals surface area contributed by atoms with Crippen molar-refractivity contribution in [2.24, 2.45) is 23.2 Å². The normalized spacial score (nSPS) is 31.4. The van der Waals surface area contributed by atoms with Crippen LogP contribution in [0.25, 0.3) is 11.4 Å². The van der Waals surface area contributed by atoms with Crippen LogP contribution in [0.15, 0.2) is 24.3 Å². The van der Waals surface area contributed by atoms with Gasteiger partial charge in [-0.1, -0.05) is 24.3 Å². The number of nitrogens with one attached hydrogen (secondary N) is 1. The van der Waals surface area contributed by atoms with E-state index in [4.69, 9.17) is 0 Å². The molecule has 0 amide bonds. The number of aromatic carboxylic acids is 1. The summed E-state index contributed by atoms with van der Waals surface area (Å²) in [5.41, 5.74) is 3.56. The Hall–Kier alpha value is -2.10. The Balaban J connectivity index is 1.40. The monoisotopic (exact) mass is 364 g/mol. The first-order valence-corrected chi connectivity index (χ1v) is 10.4. The third kappa shape index (κ3) is 2.99. The fourth-order valence-corrected chi connectivity index (χ4v) is 6.72. The lowest BCUT2D eigenvalue weighted by atomic mass is 9.48. The summed E-state index contributed by atoms with van der Waals surface area (Å²) >= 11 is 0. The first-order valence-electron chi connectivity index (χ1n) is 10.4. The highest BCUT2D eigenvalue weighted by Gasteiger charge is 2.50. The number of H-pyrrole nitrogens is 1. The number of imidazole rings is 1. The molecule has 0 spiro atoms. The Morgan fingerprint density at radius 3 is 2.37 bits per heavy atom. The van der Waals surface area contributed by atoms with E-state index >= 15 is 0 Å². The zero-order valence-electron chi connectivity index (χ0n) is 16.0. The van der Waals surface area contributed by atoms with Crippen molar-refractivity contribution in [2.75, 3.05) is 0 Å². The van der Waals surface area contributed by atoms with E-state index in [0.29, 0.717) is 11.2 Å². The Morgan fingerprint density at radius 2 is 1.78 bits per heavy atom. The van der Waals surface area contributed by atoms with Gasteiger partial charge in [-0.25, -0.2) is 9.78 Å². The van der Waals surface area contributed by atoms with Gasteiger partial charge in [0.1, 0.15) is 5.82 Å². The first kappa shape index (κ1) is 17.0. The first-order chi connectivity index (χ1) is 13.0. The molecule has 4 aliphatic carbocycles. The Bertz CT molecular complexity index is 847. The predicted molar refractivity (Wildman–Crippen MR) is 105 cm³/mol. The molecule has 0 atom stereocenters. The van der Waals surface area contributed by atoms with Crippen molar-refractivity contribution in [3.05, 3.63) is 41.2 Å². The summed E-state index contributed by atoms with van der Waals surface area (Å²) in [6, 6.07) is 8.00. The molecule has 4 heteroatoms. The van der Waals surface area contributed by atoms with Gasteiger partial charge in [-0.05, 0) is 87.0 Å². The highest BCUT2D eigenvalue weighted by atomic mass is 16.4. The summed E-state index contributed by atoms with van der Waals surface area (Å²) in [6.45, 7) is 2.04. The zero-order chi connectivity index (χ0) is 18.6. The van der Waals surface area contributed by atoms with Gasteiger partial charge >= 0.3 is 5.97 Å². The van der Waals surface area contributed by atoms with Crippen molar-refractivity contribution in [3.63, 3.8) is 0 Å². The number of rotatable bonds is 5. The second-order valence-electron chi connectivity index (χ2n) is 9.45. The van der Waals surface area contributed by atoms with Crippen molar-refractivity contribution in [1.29, 1.82) is 0 Å². The molecule has 1 aromatic carbocycles. The maximum absolute atomic E-state index is 11.8. The van der Waals surface area contributed by atoms with Crippen LogP contribution in [0.3, 0.4) is 0 Å². The number of aromatic nitrogens is 2. The number of nitrogens with zero attached hydrogens (tertiary/aromatic N) is 1. The number of aryl methyl sites for hydroxylation is 2. The number of aromatic amines is 1. The number of hydrogen-bond donors (Lipinski definition) is 2. The minimum Gasteiger partial charge on any atom is -0.476 e. The van der Waals surface area contributed by atoms with Crippen LogP contribution in [0.4, 0.5) is 0 Å². The van der Waals surface area contributed by atoms with Gasteiger partial charge < -0.3 is 10.1 Å². The summed E-state index contributed by atoms with van der Waals surface area (Å²) < 4.78 is 0. The van der Waals surface area contributed by atoms with Gasteiger partial charge in [-0.2, -0.15) is 0 Å². The molecule has 27 heavy (non-hydrogen) atoms. The average molecular weight is 364 g/mol. The molecule has 4 bridgehead atoms. The van der Waals surface area contributed by atoms with Crippen LogP contribution in [-0.2, 0) is 6.42 Å². The van der Waals surface area contributed by atoms with E-state index in [1.165, 1.54) is 38.5 Å². The molecule has 2 N–H and O–H groups in total. The van der Waals surface area contributed by atoms with Crippen LogP contribution in [0.2, 0.25) is 0 Å². The fourth-order valence-electron chi connectivity index (χ4n) is 6.72. The van der Waals surface area contributed by atoms with Gasteiger partial charge in [0.25, 0.3) is 0 Å². The molecule has 4 nitrogen and oxygen atoms in total. The average Bonchev–Trinajstić information content (AvgIpc) is 3.04. The molecule has 0 unspecified atom stereocenters. The van der Waals surface area contributed by atoms with E-state index in [1.54, 1.807) is 0 Å². The minimum atomic E-state index is -0.924. The molecule has 6 rings (SSSR count). The van der Waals surface area contributed by atoms with Crippen LogP contribution in [-0.4, -0.2) is 21.0 Å². The zero-order valence-corrected chi connectivity index (χ0v) is 16.0. The highest BCUT2D eigenvalue weighted by molar-refractivity contribution is 5.87. The molecule has 4 fully saturated rings. The van der Waals surface area contributed by atoms with Gasteiger partial charge in [0, 0.05) is 11.3 Å². The Morgan fingerprint density at radius 1 is 1.15 bits per heavy atom. The van der Waals surface area contributed by atoms with E-state index in [2.05, 4.69) is 9.97 Å². The molecule has 2 aromatic rings. The van der Waals surface area contributed by atoms with Gasteiger partial charge in [0.2, 0.25) is 0 Å². The summed E-state index contributed by atoms with van der Waals surface area (Å²) in [5.74, 6) is 2.55. The number of hydrogen-bond acceptors (Lipinski definition) is 2. The third-order valence-electron chi connectivity index (χ3n) is 7.45. The largest absolute Gasteiger partial charge is 0.476 e. The number of carboxylic acids is 1. The second kappa shape index (κ2) is 6.22. The SMILES string of the molecule is Cc1ccccc1-c1nc(C(=O)O)c(CCC23CC4CC(CC(C4)C2)C3)[nH]1. The van der Waals surface area contributed by atoms with Crippen LogP contribution in [0, 0.1) is 30.1 Å². The van der Waals surface area contributed by atoms with Crippen molar-refractivity contribution >= 4 is 5.97 Å². The Labute approximate surface area is 160 Å². The van der Waals surface area contributed by atoms with Crippen LogP contribution in [0.5, 0.6) is 0 Å². The standard InChI is InChI=1S/C23H28N2O2/c1-14-4-2-3-5-18(14)21-24-19(20(25-21)22(26)27)6-7-23-11-15-8-16(12-23)10-17(9-15)13-23/h2-5,15-17H,6-13H2,1H3,(H,24,25)(H,26,27). The van der Waals surface area contributed by atoms with Crippen molar-refractivity contribution in [3.8, 4) is 11.4 Å². The molecule has 0 saturated heterocycles. The molecule has 0 radical (unpaired) electrons. The molecule has 0 aliphatic heterocycles. The molecule has 4 saturated carbocycles. The van der Waals surface area contributed by atoms with Crippen molar-refractivity contribution in [2.45, 2.75) is 58.3 Å². The molecule has 1 heterocycles. The molecule has 4 aliphatic rings. The van der Waals surface area contributed by atoms with E-state index in [-0.39, 0.29) is 5.69 Å². The molecule has 142 valence electrons. The van der Waals surface area contributed by atoms with Crippen molar-refractivity contribution in [1.82, 2.24) is 9.97 Å². The lowest BCUT2D eigenvalue weighted by Crippen LogP contribution is -2.46. The lowest BCUT2D eigenvalue weighted by Gasteiger charge is -2.57. The van der Waals surface area contributed by atoms with Crippen LogP contribution >= 0.6 is 0 Å². The van der Waals surface area contributed by atoms with Gasteiger partial charge in [0.05, 0.1) is 0 Å². The second-order valence-corrected chi connectivity index (χ2v) is 9.45. The molecule has 1 aromatic heterocycles. The summed E-state index contributed by atoms with van der Waals surface area (Å²) in [7, 11) is 0. The van der Waals surface area contributed by atoms with E-state index in [0.717, 1.165) is 47.4 Å². The summed E-state index contributed by atoms with van der Waals surface area (Å²) in [6.07, 6.45) is 10.3. The van der Waals surface area contributed by atoms with Gasteiger partial charge in [-0.15, -0.1) is 0 Å². The summed E-state index contributed by atoms with van der Waals surface area (Å²) in [5, 5.41) is 9.67.